The van der Waals surface area contributed by atoms with Gasteiger partial charge in [0.05, 0.1) is 23.0 Å². The van der Waals surface area contributed by atoms with Gasteiger partial charge in [-0.15, -0.1) is 11.3 Å². The Kier molecular flexibility index (Phi) is 7.02. The van der Waals surface area contributed by atoms with Crippen LogP contribution in [0, 0.1) is 5.82 Å². The number of pyridine rings is 1. The fourth-order valence-corrected chi connectivity index (χ4v) is 7.02. The largest absolute Gasteiger partial charge is 0.489 e. The average molecular weight is 714 g/mol. The number of alkyl halides is 4. The van der Waals surface area contributed by atoms with Crippen molar-refractivity contribution < 1.29 is 46.1 Å². The van der Waals surface area contributed by atoms with Crippen LogP contribution in [0.2, 0.25) is 0 Å². The van der Waals surface area contributed by atoms with Crippen molar-refractivity contribution in [1.29, 1.82) is 0 Å². The van der Waals surface area contributed by atoms with Crippen LogP contribution in [0.15, 0.2) is 48.0 Å². The van der Waals surface area contributed by atoms with E-state index in [1.54, 1.807) is 6.07 Å². The summed E-state index contributed by atoms with van der Waals surface area (Å²) in [6.45, 7) is -0.319. The third kappa shape index (κ3) is 5.06. The second-order valence-corrected chi connectivity index (χ2v) is 14.1. The number of nitrogens with two attached hydrogens (primary N) is 1. The molecule has 5 aromatic rings. The third-order valence-electron chi connectivity index (χ3n) is 9.55. The van der Waals surface area contributed by atoms with Gasteiger partial charge in [0.15, 0.2) is 0 Å². The van der Waals surface area contributed by atoms with Gasteiger partial charge in [-0.1, -0.05) is 12.1 Å². The van der Waals surface area contributed by atoms with E-state index in [9.17, 15) is 36.6 Å². The summed E-state index contributed by atoms with van der Waals surface area (Å²) in [5, 5.41) is 20.1. The summed E-state index contributed by atoms with van der Waals surface area (Å²) >= 11 is 0.992. The van der Waals surface area contributed by atoms with E-state index in [1.165, 1.54) is 42.8 Å². The van der Waals surface area contributed by atoms with Crippen LogP contribution < -0.4 is 20.5 Å². The number of hydrogen-bond donors (Lipinski definition) is 3. The Balaban J connectivity index is 1.20. The molecule has 0 unspecified atom stereocenters. The quantitative estimate of drug-likeness (QED) is 0.166. The number of hydrogen-bond acceptors (Lipinski definition) is 8. The molecule has 4 N–H and O–H groups in total. The van der Waals surface area contributed by atoms with Crippen molar-refractivity contribution in [1.82, 2.24) is 20.1 Å². The van der Waals surface area contributed by atoms with Gasteiger partial charge >= 0.3 is 6.18 Å². The van der Waals surface area contributed by atoms with Crippen LogP contribution in [0.3, 0.4) is 0 Å². The summed E-state index contributed by atoms with van der Waals surface area (Å²) in [6.07, 6.45) is -2.07. The second kappa shape index (κ2) is 10.8. The molecule has 2 atom stereocenters. The zero-order valence-electron chi connectivity index (χ0n) is 26.2. The minimum Gasteiger partial charge on any atom is -0.489 e. The number of nitrogens with one attached hydrogen (secondary N) is 1. The summed E-state index contributed by atoms with van der Waals surface area (Å²) in [5.41, 5.74) is -0.473. The summed E-state index contributed by atoms with van der Waals surface area (Å²) in [6, 6.07) is 7.80. The number of thiophene rings is 1. The van der Waals surface area contributed by atoms with E-state index < -0.39 is 52.9 Å². The van der Waals surface area contributed by atoms with Gasteiger partial charge in [0, 0.05) is 51.9 Å². The van der Waals surface area contributed by atoms with Crippen LogP contribution in [0.5, 0.6) is 11.5 Å². The average Bonchev–Trinajstić information content (AvgIpc) is 3.88. The van der Waals surface area contributed by atoms with Crippen LogP contribution in [0.1, 0.15) is 54.2 Å². The number of ether oxygens (including phenoxy) is 2. The van der Waals surface area contributed by atoms with Crippen molar-refractivity contribution >= 4 is 44.1 Å². The maximum Gasteiger partial charge on any atom is 0.424 e. The van der Waals surface area contributed by atoms with E-state index in [0.717, 1.165) is 34.9 Å². The van der Waals surface area contributed by atoms with Gasteiger partial charge < -0.3 is 25.6 Å². The molecule has 3 aliphatic rings. The molecule has 0 saturated heterocycles. The Hall–Kier alpha value is -4.83. The number of nitrogens with zero attached hydrogens (tertiary/aromatic N) is 3. The molecule has 16 heteroatoms. The highest BCUT2D eigenvalue weighted by Crippen LogP contribution is 2.50. The van der Waals surface area contributed by atoms with Gasteiger partial charge in [-0.2, -0.15) is 18.3 Å². The van der Waals surface area contributed by atoms with Crippen LogP contribution in [0.25, 0.3) is 32.2 Å². The fourth-order valence-electron chi connectivity index (χ4n) is 6.06. The Morgan fingerprint density at radius 3 is 2.66 bits per heavy atom. The van der Waals surface area contributed by atoms with Gasteiger partial charge in [0.25, 0.3) is 5.91 Å². The minimum atomic E-state index is -5.41. The van der Waals surface area contributed by atoms with Crippen LogP contribution in [0.4, 0.5) is 22.0 Å². The highest BCUT2D eigenvalue weighted by Gasteiger charge is 2.58. The molecule has 2 amide bonds. The predicted octanol–water partition coefficient (Wildman–Crippen LogP) is 5.72. The molecule has 2 aromatic carbocycles. The lowest BCUT2D eigenvalue weighted by atomic mass is 9.81. The maximum atomic E-state index is 15.0. The number of aliphatic hydroxyl groups is 1. The first-order valence-electron chi connectivity index (χ1n) is 15.7. The monoisotopic (exact) mass is 713 g/mol. The second-order valence-electron chi connectivity index (χ2n) is 13.2. The summed E-state index contributed by atoms with van der Waals surface area (Å²) in [5.74, 6) is -3.95. The third-order valence-corrected chi connectivity index (χ3v) is 10.6. The first-order valence-corrected chi connectivity index (χ1v) is 16.6. The topological polar surface area (TPSA) is 142 Å². The van der Waals surface area contributed by atoms with E-state index >= 15 is 0 Å². The number of amides is 2. The van der Waals surface area contributed by atoms with E-state index in [4.69, 9.17) is 15.2 Å². The van der Waals surface area contributed by atoms with E-state index in [0.29, 0.717) is 16.3 Å². The zero-order chi connectivity index (χ0) is 35.4. The molecule has 0 spiro atoms. The Morgan fingerprint density at radius 1 is 1.22 bits per heavy atom. The number of fused-ring (bicyclic) bond motifs is 3. The Morgan fingerprint density at radius 2 is 1.98 bits per heavy atom. The highest BCUT2D eigenvalue weighted by atomic mass is 32.1. The molecule has 8 rings (SSSR count). The van der Waals surface area contributed by atoms with Crippen molar-refractivity contribution in [3.63, 3.8) is 0 Å². The van der Waals surface area contributed by atoms with E-state index in [2.05, 4.69) is 15.4 Å². The molecular weight excluding hydrogens is 685 g/mol. The summed E-state index contributed by atoms with van der Waals surface area (Å²) < 4.78 is 87.5. The summed E-state index contributed by atoms with van der Waals surface area (Å²) in [4.78, 5) is 30.3. The number of carbonyl (C=O) groups excluding carboxylic acids is 2. The van der Waals surface area contributed by atoms with E-state index in [1.807, 2.05) is 0 Å². The lowest BCUT2D eigenvalue weighted by molar-refractivity contribution is -0.265. The normalized spacial score (nSPS) is 20.7. The van der Waals surface area contributed by atoms with Crippen molar-refractivity contribution in [2.24, 2.45) is 5.73 Å². The minimum absolute atomic E-state index is 0.0362. The van der Waals surface area contributed by atoms with Gasteiger partial charge in [-0.05, 0) is 44.0 Å². The lowest BCUT2D eigenvalue weighted by Gasteiger charge is -2.31. The molecule has 2 saturated carbocycles. The van der Waals surface area contributed by atoms with Gasteiger partial charge in [-0.3, -0.25) is 9.59 Å². The Bertz CT molecular complexity index is 2250. The molecule has 260 valence electrons. The van der Waals surface area contributed by atoms with Crippen LogP contribution >= 0.6 is 11.3 Å². The van der Waals surface area contributed by atoms with Crippen LogP contribution in [-0.4, -0.2) is 57.1 Å². The number of carbonyl (C=O) groups is 2. The molecule has 1 aliphatic heterocycles. The molecule has 0 bridgehead atoms. The molecule has 0 radical (unpaired) electrons. The molecule has 2 fully saturated rings. The molecular formula is C34H28F5N5O5S. The maximum absolute atomic E-state index is 15.0. The van der Waals surface area contributed by atoms with Crippen molar-refractivity contribution in [3.8, 4) is 22.8 Å². The molecule has 10 nitrogen and oxygen atoms in total. The van der Waals surface area contributed by atoms with Gasteiger partial charge in [0.2, 0.25) is 17.3 Å². The number of rotatable bonds is 9. The first kappa shape index (κ1) is 32.4. The first-order chi connectivity index (χ1) is 23.6. The predicted molar refractivity (Wildman–Crippen MR) is 171 cm³/mol. The number of aromatic nitrogens is 3. The van der Waals surface area contributed by atoms with E-state index in [-0.39, 0.29) is 64.1 Å². The number of primary amides is 1. The van der Waals surface area contributed by atoms with Crippen LogP contribution in [-0.2, 0) is 21.6 Å². The number of halogens is 5. The molecule has 2 aliphatic carbocycles. The lowest BCUT2D eigenvalue weighted by Crippen LogP contribution is -2.51. The smallest absolute Gasteiger partial charge is 0.424 e. The van der Waals surface area contributed by atoms with Crippen molar-refractivity contribution in [3.05, 3.63) is 70.6 Å². The van der Waals surface area contributed by atoms with Crippen molar-refractivity contribution in [2.75, 3.05) is 13.2 Å². The zero-order valence-corrected chi connectivity index (χ0v) is 27.1. The Labute approximate surface area is 284 Å². The standard InChI is InChI=1S/C34H28F5N5O5S/c1-31(30(40)46)15-48-27-21(31)11-24(42-26(27)20-13-50-28-19(20)3-2-4-22(28)35)33(47,34(37,38)39)14-41-29(45)16-9-17-12-44(32(36)7-8-32)43-25(17)23(10-16)49-18-5-6-18/h2-4,9-13,18,47H,5-8,14-15H2,1H3,(H2,40,46)(H,41,45)/t31-,33-/m0/s1. The molecule has 50 heavy (non-hydrogen) atoms. The SMILES string of the molecule is C[C@]1(C(N)=O)COc2c1cc([C@@](O)(CNC(=O)c1cc(OC3CC3)c3nn(C4(F)CC4)cc3c1)C(F)(F)F)nc2-c1csc2c(F)cccc12. The van der Waals surface area contributed by atoms with Gasteiger partial charge in [-0.25, -0.2) is 18.4 Å². The number of benzene rings is 2. The molecule has 3 aromatic heterocycles. The fraction of sp³-hybridized carbons (Fsp3) is 0.353. The van der Waals surface area contributed by atoms with Gasteiger partial charge in [0.1, 0.15) is 40.5 Å². The summed E-state index contributed by atoms with van der Waals surface area (Å²) in [7, 11) is 0. The highest BCUT2D eigenvalue weighted by molar-refractivity contribution is 7.17. The molecule has 4 heterocycles. The van der Waals surface area contributed by atoms with Crippen molar-refractivity contribution in [2.45, 2.75) is 61.7 Å².